The third-order valence-electron chi connectivity index (χ3n) is 1.17. The lowest BCUT2D eigenvalue weighted by Crippen LogP contribution is -2.24. The lowest BCUT2D eigenvalue weighted by atomic mass is 10.4. The topological polar surface area (TPSA) is 78.6 Å². The zero-order valence-electron chi connectivity index (χ0n) is 7.87. The van der Waals surface area contributed by atoms with Gasteiger partial charge in [0.05, 0.1) is 7.11 Å². The molecule has 5 nitrogen and oxygen atoms in total. The summed E-state index contributed by atoms with van der Waals surface area (Å²) in [5, 5.41) is 0. The standard InChI is InChI=1S/C8H13NO4/c1-5(9)4-7(10)13-6(2)8(11)12-3/h4,6H,9H2,1-3H3/b5-4-. The fourth-order valence-electron chi connectivity index (χ4n) is 0.608. The molecule has 0 rings (SSSR count). The van der Waals surface area contributed by atoms with Gasteiger partial charge in [-0.3, -0.25) is 0 Å². The molecule has 5 heteroatoms. The SMILES string of the molecule is COC(=O)C(C)OC(=O)/C=C(/C)N. The molecule has 0 aliphatic heterocycles. The highest BCUT2D eigenvalue weighted by molar-refractivity contribution is 5.85. The molecule has 0 fully saturated rings. The van der Waals surface area contributed by atoms with E-state index in [4.69, 9.17) is 5.73 Å². The van der Waals surface area contributed by atoms with Crippen molar-refractivity contribution >= 4 is 11.9 Å². The number of nitrogens with two attached hydrogens (primary N) is 1. The average molecular weight is 187 g/mol. The number of carbonyl (C=O) groups excluding carboxylic acids is 2. The van der Waals surface area contributed by atoms with Gasteiger partial charge in [-0.1, -0.05) is 0 Å². The Morgan fingerprint density at radius 1 is 1.46 bits per heavy atom. The first-order chi connectivity index (χ1) is 5.97. The molecule has 2 N–H and O–H groups in total. The fourth-order valence-corrected chi connectivity index (χ4v) is 0.608. The normalized spacial score (nSPS) is 13.3. The van der Waals surface area contributed by atoms with Gasteiger partial charge >= 0.3 is 11.9 Å². The van der Waals surface area contributed by atoms with Crippen LogP contribution in [-0.4, -0.2) is 25.2 Å². The van der Waals surface area contributed by atoms with Crippen LogP contribution in [0.4, 0.5) is 0 Å². The van der Waals surface area contributed by atoms with Crippen molar-refractivity contribution in [1.82, 2.24) is 0 Å². The third kappa shape index (κ3) is 4.84. The van der Waals surface area contributed by atoms with E-state index in [0.717, 1.165) is 6.08 Å². The van der Waals surface area contributed by atoms with E-state index in [2.05, 4.69) is 9.47 Å². The number of hydrogen-bond donors (Lipinski definition) is 1. The van der Waals surface area contributed by atoms with Gasteiger partial charge in [-0.25, -0.2) is 9.59 Å². The molecular formula is C8H13NO4. The summed E-state index contributed by atoms with van der Waals surface area (Å²) >= 11 is 0. The van der Waals surface area contributed by atoms with Crippen LogP contribution in [0.3, 0.4) is 0 Å². The van der Waals surface area contributed by atoms with Crippen molar-refractivity contribution in [3.63, 3.8) is 0 Å². The monoisotopic (exact) mass is 187 g/mol. The minimum Gasteiger partial charge on any atom is -0.466 e. The molecular weight excluding hydrogens is 174 g/mol. The lowest BCUT2D eigenvalue weighted by Gasteiger charge is -2.08. The number of hydrogen-bond acceptors (Lipinski definition) is 5. The van der Waals surface area contributed by atoms with E-state index in [0.29, 0.717) is 5.70 Å². The Bertz CT molecular complexity index is 230. The maximum atomic E-state index is 10.9. The summed E-state index contributed by atoms with van der Waals surface area (Å²) in [6.07, 6.45) is 0.188. The highest BCUT2D eigenvalue weighted by Crippen LogP contribution is 1.96. The second kappa shape index (κ2) is 5.18. The van der Waals surface area contributed by atoms with Gasteiger partial charge in [0.2, 0.25) is 0 Å². The smallest absolute Gasteiger partial charge is 0.346 e. The highest BCUT2D eigenvalue weighted by Gasteiger charge is 2.16. The lowest BCUT2D eigenvalue weighted by molar-refractivity contribution is -0.161. The van der Waals surface area contributed by atoms with Crippen molar-refractivity contribution < 1.29 is 19.1 Å². The number of ether oxygens (including phenoxy) is 2. The van der Waals surface area contributed by atoms with Gasteiger partial charge < -0.3 is 15.2 Å². The van der Waals surface area contributed by atoms with Crippen molar-refractivity contribution in [3.8, 4) is 0 Å². The van der Waals surface area contributed by atoms with Gasteiger partial charge in [-0.15, -0.1) is 0 Å². The Balaban J connectivity index is 4.07. The molecule has 0 saturated heterocycles. The molecule has 0 aliphatic carbocycles. The van der Waals surface area contributed by atoms with Crippen LogP contribution < -0.4 is 5.73 Å². The molecule has 0 aromatic carbocycles. The van der Waals surface area contributed by atoms with E-state index >= 15 is 0 Å². The molecule has 0 aromatic heterocycles. The van der Waals surface area contributed by atoms with Crippen molar-refractivity contribution in [2.45, 2.75) is 20.0 Å². The van der Waals surface area contributed by atoms with Crippen molar-refractivity contribution in [1.29, 1.82) is 0 Å². The van der Waals surface area contributed by atoms with Crippen LogP contribution >= 0.6 is 0 Å². The summed E-state index contributed by atoms with van der Waals surface area (Å²) < 4.78 is 8.99. The van der Waals surface area contributed by atoms with E-state index in [1.165, 1.54) is 14.0 Å². The zero-order chi connectivity index (χ0) is 10.4. The van der Waals surface area contributed by atoms with E-state index < -0.39 is 18.0 Å². The summed E-state index contributed by atoms with van der Waals surface area (Å²) in [6, 6.07) is 0. The van der Waals surface area contributed by atoms with Gasteiger partial charge in [0.15, 0.2) is 6.10 Å². The summed E-state index contributed by atoms with van der Waals surface area (Å²) in [4.78, 5) is 21.7. The van der Waals surface area contributed by atoms with Gasteiger partial charge in [-0.05, 0) is 13.8 Å². The van der Waals surface area contributed by atoms with Crippen LogP contribution in [0.5, 0.6) is 0 Å². The van der Waals surface area contributed by atoms with Crippen molar-refractivity contribution in [2.24, 2.45) is 5.73 Å². The van der Waals surface area contributed by atoms with Gasteiger partial charge in [-0.2, -0.15) is 0 Å². The molecule has 74 valence electrons. The summed E-state index contributed by atoms with van der Waals surface area (Å²) in [6.45, 7) is 2.97. The molecule has 0 aromatic rings. The summed E-state index contributed by atoms with van der Waals surface area (Å²) in [5.41, 5.74) is 5.54. The van der Waals surface area contributed by atoms with Gasteiger partial charge in [0.25, 0.3) is 0 Å². The van der Waals surface area contributed by atoms with Crippen molar-refractivity contribution in [2.75, 3.05) is 7.11 Å². The molecule has 0 aliphatic rings. The highest BCUT2D eigenvalue weighted by atomic mass is 16.6. The second-order valence-corrected chi connectivity index (χ2v) is 2.49. The molecule has 1 atom stereocenters. The predicted molar refractivity (Wildman–Crippen MR) is 45.5 cm³/mol. The van der Waals surface area contributed by atoms with Gasteiger partial charge in [0, 0.05) is 11.8 Å². The number of esters is 2. The first-order valence-electron chi connectivity index (χ1n) is 3.69. The molecule has 0 heterocycles. The van der Waals surface area contributed by atoms with E-state index in [-0.39, 0.29) is 0 Å². The number of rotatable bonds is 3. The Labute approximate surface area is 76.5 Å². The number of carbonyl (C=O) groups is 2. The number of methoxy groups -OCH3 is 1. The first kappa shape index (κ1) is 11.5. The molecule has 0 saturated carbocycles. The largest absolute Gasteiger partial charge is 0.466 e. The van der Waals surface area contributed by atoms with E-state index in [1.807, 2.05) is 0 Å². The third-order valence-corrected chi connectivity index (χ3v) is 1.17. The Morgan fingerprint density at radius 3 is 2.38 bits per heavy atom. The number of allylic oxidation sites excluding steroid dienone is 1. The maximum absolute atomic E-state index is 10.9. The maximum Gasteiger partial charge on any atom is 0.346 e. The first-order valence-corrected chi connectivity index (χ1v) is 3.69. The molecule has 0 radical (unpaired) electrons. The molecule has 13 heavy (non-hydrogen) atoms. The molecule has 0 spiro atoms. The van der Waals surface area contributed by atoms with Crippen LogP contribution in [0.1, 0.15) is 13.8 Å². The quantitative estimate of drug-likeness (QED) is 0.495. The van der Waals surface area contributed by atoms with Crippen LogP contribution in [0.25, 0.3) is 0 Å². The minimum absolute atomic E-state index is 0.321. The van der Waals surface area contributed by atoms with Crippen molar-refractivity contribution in [3.05, 3.63) is 11.8 Å². The molecule has 0 amide bonds. The molecule has 0 bridgehead atoms. The van der Waals surface area contributed by atoms with Crippen LogP contribution in [0.15, 0.2) is 11.8 Å². The minimum atomic E-state index is -0.909. The fraction of sp³-hybridized carbons (Fsp3) is 0.500. The van der Waals surface area contributed by atoms with E-state index in [1.54, 1.807) is 6.92 Å². The van der Waals surface area contributed by atoms with Crippen LogP contribution in [-0.2, 0) is 19.1 Å². The van der Waals surface area contributed by atoms with Crippen LogP contribution in [0.2, 0.25) is 0 Å². The average Bonchev–Trinajstić information content (AvgIpc) is 2.01. The Morgan fingerprint density at radius 2 is 2.00 bits per heavy atom. The summed E-state index contributed by atoms with van der Waals surface area (Å²) in [5.74, 6) is -1.26. The predicted octanol–water partition coefficient (Wildman–Crippen LogP) is -0.0464. The summed E-state index contributed by atoms with van der Waals surface area (Å²) in [7, 11) is 1.22. The van der Waals surface area contributed by atoms with Crippen LogP contribution in [0, 0.1) is 0 Å². The van der Waals surface area contributed by atoms with E-state index in [9.17, 15) is 9.59 Å². The second-order valence-electron chi connectivity index (χ2n) is 2.49. The Hall–Kier alpha value is -1.52. The van der Waals surface area contributed by atoms with Gasteiger partial charge in [0.1, 0.15) is 0 Å². The zero-order valence-corrected chi connectivity index (χ0v) is 7.87. The Kier molecular flexibility index (Phi) is 4.58. The molecule has 1 unspecified atom stereocenters.